The average Bonchev–Trinajstić information content (AvgIpc) is 3.37. The molecule has 1 fully saturated rings. The first-order valence-electron chi connectivity index (χ1n) is 11.3. The van der Waals surface area contributed by atoms with E-state index in [0.29, 0.717) is 31.5 Å². The molecule has 1 aliphatic rings. The molecule has 0 bridgehead atoms. The fourth-order valence-electron chi connectivity index (χ4n) is 4.23. The molecule has 0 atom stereocenters. The van der Waals surface area contributed by atoms with Crippen LogP contribution in [-0.2, 0) is 27.3 Å². The highest BCUT2D eigenvalue weighted by molar-refractivity contribution is 7.09. The second-order valence-corrected chi connectivity index (χ2v) is 10.6. The van der Waals surface area contributed by atoms with Crippen molar-refractivity contribution in [3.05, 3.63) is 45.4 Å². The Balaban J connectivity index is 1.51. The van der Waals surface area contributed by atoms with Gasteiger partial charge in [0.25, 0.3) is 0 Å². The Morgan fingerprint density at radius 1 is 1.16 bits per heavy atom. The van der Waals surface area contributed by atoms with Crippen molar-refractivity contribution in [2.75, 3.05) is 19.7 Å². The molecule has 1 saturated heterocycles. The number of esters is 1. The summed E-state index contributed by atoms with van der Waals surface area (Å²) in [5.74, 6) is -0.666. The van der Waals surface area contributed by atoms with E-state index < -0.39 is 5.41 Å². The molecule has 6 nitrogen and oxygen atoms in total. The zero-order valence-corrected chi connectivity index (χ0v) is 20.6. The maximum Gasteiger partial charge on any atom is 0.309 e. The van der Waals surface area contributed by atoms with Gasteiger partial charge in [0.05, 0.1) is 5.92 Å². The van der Waals surface area contributed by atoms with Crippen molar-refractivity contribution in [1.82, 2.24) is 9.47 Å². The molecular weight excluding hydrogens is 424 g/mol. The van der Waals surface area contributed by atoms with E-state index in [0.717, 1.165) is 24.4 Å². The van der Waals surface area contributed by atoms with Gasteiger partial charge in [-0.2, -0.15) is 0 Å². The number of carbonyl (C=O) groups is 3. The van der Waals surface area contributed by atoms with E-state index in [9.17, 15) is 14.4 Å². The number of Topliss-reactive ketones (excluding diaryl/α,β-unsaturated/α-hetero) is 1. The number of aromatic nitrogens is 1. The van der Waals surface area contributed by atoms with Crippen LogP contribution >= 0.6 is 11.3 Å². The highest BCUT2D eigenvalue weighted by Gasteiger charge is 2.33. The van der Waals surface area contributed by atoms with Crippen molar-refractivity contribution in [2.24, 2.45) is 11.3 Å². The minimum Gasteiger partial charge on any atom is -0.457 e. The number of ketones is 1. The normalized spacial score (nSPS) is 15.1. The molecule has 0 N–H and O–H groups in total. The standard InChI is InChI=1S/C25H34N2O4S/c1-17-15-21(18(2)27(17)13-10-20-7-6-14-32-20)22(28)16-31-23(29)19-8-11-26(12-9-19)24(30)25(3,4)5/h6-7,14-15,19H,8-13,16H2,1-5H3. The molecule has 0 aliphatic carbocycles. The number of thiophene rings is 1. The minimum atomic E-state index is -0.421. The quantitative estimate of drug-likeness (QED) is 0.455. The lowest BCUT2D eigenvalue weighted by atomic mass is 9.91. The van der Waals surface area contributed by atoms with Crippen LogP contribution in [0, 0.1) is 25.2 Å². The van der Waals surface area contributed by atoms with E-state index in [1.165, 1.54) is 4.88 Å². The predicted octanol–water partition coefficient (Wildman–Crippen LogP) is 4.42. The van der Waals surface area contributed by atoms with Gasteiger partial charge in [-0.05, 0) is 50.6 Å². The lowest BCUT2D eigenvalue weighted by Gasteiger charge is -2.34. The molecule has 2 aromatic heterocycles. The maximum absolute atomic E-state index is 12.8. The van der Waals surface area contributed by atoms with Gasteiger partial charge in [-0.25, -0.2) is 0 Å². The number of nitrogens with zero attached hydrogens (tertiary/aromatic N) is 2. The van der Waals surface area contributed by atoms with Gasteiger partial charge in [0.1, 0.15) is 0 Å². The molecule has 0 spiro atoms. The highest BCUT2D eigenvalue weighted by atomic mass is 32.1. The van der Waals surface area contributed by atoms with Crippen molar-refractivity contribution in [1.29, 1.82) is 0 Å². The Morgan fingerprint density at radius 3 is 2.44 bits per heavy atom. The zero-order chi connectivity index (χ0) is 23.5. The third-order valence-corrected chi connectivity index (χ3v) is 7.07. The molecule has 2 aromatic rings. The first-order valence-corrected chi connectivity index (χ1v) is 12.1. The second kappa shape index (κ2) is 10.0. The third kappa shape index (κ3) is 5.68. The number of hydrogen-bond acceptors (Lipinski definition) is 5. The summed E-state index contributed by atoms with van der Waals surface area (Å²) in [7, 11) is 0. The van der Waals surface area contributed by atoms with Crippen LogP contribution < -0.4 is 0 Å². The number of piperidine rings is 1. The van der Waals surface area contributed by atoms with Gasteiger partial charge in [-0.15, -0.1) is 11.3 Å². The van der Waals surface area contributed by atoms with E-state index in [1.807, 2.05) is 51.7 Å². The molecular formula is C25H34N2O4S. The molecule has 174 valence electrons. The van der Waals surface area contributed by atoms with Crippen LogP contribution in [0.5, 0.6) is 0 Å². The number of ether oxygens (including phenoxy) is 1. The SMILES string of the molecule is Cc1cc(C(=O)COC(=O)C2CCN(C(=O)C(C)(C)C)CC2)c(C)n1CCc1cccs1. The third-order valence-electron chi connectivity index (χ3n) is 6.14. The Bertz CT molecular complexity index is 961. The minimum absolute atomic E-state index is 0.105. The number of hydrogen-bond donors (Lipinski definition) is 0. The molecule has 0 aromatic carbocycles. The van der Waals surface area contributed by atoms with Crippen LogP contribution in [-0.4, -0.2) is 46.8 Å². The van der Waals surface area contributed by atoms with Crippen molar-refractivity contribution >= 4 is 29.0 Å². The molecule has 0 saturated carbocycles. The van der Waals surface area contributed by atoms with Crippen LogP contribution in [0.3, 0.4) is 0 Å². The van der Waals surface area contributed by atoms with E-state index in [1.54, 1.807) is 11.3 Å². The van der Waals surface area contributed by atoms with E-state index in [4.69, 9.17) is 4.74 Å². The summed E-state index contributed by atoms with van der Waals surface area (Å²) in [6.45, 7) is 11.3. The van der Waals surface area contributed by atoms with Crippen molar-refractivity contribution in [2.45, 2.75) is 60.4 Å². The molecule has 0 radical (unpaired) electrons. The summed E-state index contributed by atoms with van der Waals surface area (Å²) >= 11 is 1.74. The summed E-state index contributed by atoms with van der Waals surface area (Å²) in [4.78, 5) is 40.8. The molecule has 0 unspecified atom stereocenters. The van der Waals surface area contributed by atoms with Crippen LogP contribution in [0.4, 0.5) is 0 Å². The first-order chi connectivity index (χ1) is 15.1. The lowest BCUT2D eigenvalue weighted by molar-refractivity contribution is -0.152. The van der Waals surface area contributed by atoms with E-state index >= 15 is 0 Å². The summed E-state index contributed by atoms with van der Waals surface area (Å²) in [6, 6.07) is 6.05. The zero-order valence-electron chi connectivity index (χ0n) is 19.8. The fourth-order valence-corrected chi connectivity index (χ4v) is 4.93. The average molecular weight is 459 g/mol. The van der Waals surface area contributed by atoms with E-state index in [-0.39, 0.29) is 30.2 Å². The van der Waals surface area contributed by atoms with Crippen molar-refractivity contribution < 1.29 is 19.1 Å². The summed E-state index contributed by atoms with van der Waals surface area (Å²) in [5.41, 5.74) is 2.14. The van der Waals surface area contributed by atoms with Gasteiger partial charge >= 0.3 is 5.97 Å². The Hall–Kier alpha value is -2.41. The van der Waals surface area contributed by atoms with E-state index in [2.05, 4.69) is 16.0 Å². The summed E-state index contributed by atoms with van der Waals surface area (Å²) in [5, 5.41) is 2.07. The fraction of sp³-hybridized carbons (Fsp3) is 0.560. The van der Waals surface area contributed by atoms with Crippen LogP contribution in [0.2, 0.25) is 0 Å². The highest BCUT2D eigenvalue weighted by Crippen LogP contribution is 2.24. The van der Waals surface area contributed by atoms with Crippen LogP contribution in [0.15, 0.2) is 23.6 Å². The number of rotatable bonds is 7. The maximum atomic E-state index is 12.8. The second-order valence-electron chi connectivity index (χ2n) is 9.61. The van der Waals surface area contributed by atoms with Gasteiger partial charge in [-0.1, -0.05) is 26.8 Å². The van der Waals surface area contributed by atoms with Gasteiger partial charge in [-0.3, -0.25) is 14.4 Å². The molecule has 1 aliphatic heterocycles. The Kier molecular flexibility index (Phi) is 7.59. The predicted molar refractivity (Wildman–Crippen MR) is 126 cm³/mol. The lowest BCUT2D eigenvalue weighted by Crippen LogP contribution is -2.45. The Morgan fingerprint density at radius 2 is 1.84 bits per heavy atom. The van der Waals surface area contributed by atoms with Crippen LogP contribution in [0.1, 0.15) is 60.2 Å². The molecule has 3 rings (SSSR count). The Labute approximate surface area is 194 Å². The summed E-state index contributed by atoms with van der Waals surface area (Å²) < 4.78 is 7.53. The topological polar surface area (TPSA) is 68.6 Å². The summed E-state index contributed by atoms with van der Waals surface area (Å²) in [6.07, 6.45) is 2.07. The first kappa shape index (κ1) is 24.2. The molecule has 32 heavy (non-hydrogen) atoms. The molecule has 7 heteroatoms. The van der Waals surface area contributed by atoms with Crippen LogP contribution in [0.25, 0.3) is 0 Å². The monoisotopic (exact) mass is 458 g/mol. The van der Waals surface area contributed by atoms with Crippen molar-refractivity contribution in [3.63, 3.8) is 0 Å². The number of carbonyl (C=O) groups excluding carboxylic acids is 3. The largest absolute Gasteiger partial charge is 0.457 e. The van der Waals surface area contributed by atoms with Gasteiger partial charge < -0.3 is 14.2 Å². The van der Waals surface area contributed by atoms with Gasteiger partial charge in [0.2, 0.25) is 11.7 Å². The smallest absolute Gasteiger partial charge is 0.309 e. The molecule has 3 heterocycles. The van der Waals surface area contributed by atoms with Gasteiger partial charge in [0.15, 0.2) is 6.61 Å². The van der Waals surface area contributed by atoms with Crippen molar-refractivity contribution in [3.8, 4) is 0 Å². The molecule has 1 amide bonds. The number of likely N-dealkylation sites (tertiary alicyclic amines) is 1. The number of aryl methyl sites for hydroxylation is 2. The van der Waals surface area contributed by atoms with Gasteiger partial charge in [0, 0.05) is 46.9 Å². The number of amides is 1.